The van der Waals surface area contributed by atoms with E-state index < -0.39 is 0 Å². The predicted molar refractivity (Wildman–Crippen MR) is 217 cm³/mol. The van der Waals surface area contributed by atoms with E-state index in [1.165, 1.54) is 99.8 Å². The van der Waals surface area contributed by atoms with Gasteiger partial charge in [-0.15, -0.1) is 93.9 Å². The van der Waals surface area contributed by atoms with Crippen molar-refractivity contribution in [3.05, 3.63) is 172 Å². The minimum atomic E-state index is 0. The molecule has 0 aliphatic carbocycles. The molecule has 0 aliphatic heterocycles. The Labute approximate surface area is 316 Å². The first-order valence-electron chi connectivity index (χ1n) is 15.1. The van der Waals surface area contributed by atoms with Crippen molar-refractivity contribution in [3.8, 4) is 22.3 Å². The second kappa shape index (κ2) is 18.5. The molecule has 0 atom stereocenters. The molecule has 0 nitrogen and oxygen atoms in total. The van der Waals surface area contributed by atoms with Crippen molar-refractivity contribution < 1.29 is 23.3 Å². The van der Waals surface area contributed by atoms with Gasteiger partial charge in [0.1, 0.15) is 0 Å². The monoisotopic (exact) mass is 758 g/mol. The molecule has 8 rings (SSSR count). The van der Waals surface area contributed by atoms with Crippen LogP contribution in [0.25, 0.3) is 65.3 Å². The fourth-order valence-electron chi connectivity index (χ4n) is 6.37. The summed E-state index contributed by atoms with van der Waals surface area (Å²) in [5.74, 6) is 0.563. The van der Waals surface area contributed by atoms with Crippen molar-refractivity contribution in [1.29, 1.82) is 0 Å². The minimum absolute atomic E-state index is 0. The van der Waals surface area contributed by atoms with Crippen LogP contribution in [0.15, 0.2) is 146 Å². The molecule has 0 spiro atoms. The maximum atomic E-state index is 3.06. The van der Waals surface area contributed by atoms with E-state index in [0.29, 0.717) is 5.92 Å². The summed E-state index contributed by atoms with van der Waals surface area (Å²) in [5, 5.41) is 10.6. The van der Waals surface area contributed by atoms with Crippen molar-refractivity contribution in [2.75, 3.05) is 0 Å². The fourth-order valence-corrected chi connectivity index (χ4v) is 6.37. The molecular weight excluding hydrogens is 719 g/mol. The van der Waals surface area contributed by atoms with Gasteiger partial charge in [0.2, 0.25) is 0 Å². The zero-order chi connectivity index (χ0) is 30.6. The summed E-state index contributed by atoms with van der Waals surface area (Å²) < 4.78 is 0. The molecule has 4 heteroatoms. The van der Waals surface area contributed by atoms with E-state index in [1.807, 2.05) is 0 Å². The first-order chi connectivity index (χ1) is 21.6. The molecule has 0 aromatic heterocycles. The molecule has 0 N–H and O–H groups in total. The first-order valence-corrected chi connectivity index (χ1v) is 19.3. The van der Waals surface area contributed by atoms with Crippen molar-refractivity contribution in [2.45, 2.75) is 26.7 Å². The third-order valence-electron chi connectivity index (χ3n) is 8.49. The van der Waals surface area contributed by atoms with E-state index in [0.717, 1.165) is 0 Å². The van der Waals surface area contributed by atoms with Gasteiger partial charge in [0.15, 0.2) is 0 Å². The van der Waals surface area contributed by atoms with Crippen molar-refractivity contribution in [3.63, 3.8) is 0 Å². The van der Waals surface area contributed by atoms with Gasteiger partial charge in [-0.1, -0.05) is 129 Å². The standard InChI is InChI=1S/C22H19.C20H15.2CH3.2ClH.Si.Zr/c1-15(2)18-13-17-9-6-12-21(22(17)14-18)20-11-5-8-16-7-3-4-10-19(16)20;1-14-12-16-8-5-11-19(20(16)13-14)18-10-4-7-15-6-2-3-9-17(15)18;;;;;;/h3-15H,1-2H3;2-13H,1H3;2*1H3;2*1H;;/q4*-1;;;;. The van der Waals surface area contributed by atoms with Crippen molar-refractivity contribution >= 4 is 74.8 Å². The van der Waals surface area contributed by atoms with Gasteiger partial charge in [0.25, 0.3) is 0 Å². The van der Waals surface area contributed by atoms with Crippen LogP contribution in [0.2, 0.25) is 0 Å². The molecule has 0 saturated carbocycles. The second-order valence-corrected chi connectivity index (χ2v) is 11.6. The molecule has 48 heavy (non-hydrogen) atoms. The van der Waals surface area contributed by atoms with E-state index in [2.05, 4.69) is 173 Å². The first kappa shape index (κ1) is 40.9. The van der Waals surface area contributed by atoms with Crippen LogP contribution >= 0.6 is 24.8 Å². The average Bonchev–Trinajstić information content (AvgIpc) is 3.69. The summed E-state index contributed by atoms with van der Waals surface area (Å²) >= 11 is 1.36. The molecule has 0 heterocycles. The number of benzene rings is 6. The summed E-state index contributed by atoms with van der Waals surface area (Å²) in [6, 6.07) is 52.8. The number of rotatable bonds is 3. The number of fused-ring (bicyclic) bond motifs is 4. The predicted octanol–water partition coefficient (Wildman–Crippen LogP) is 13.6. The Morgan fingerprint density at radius 1 is 0.479 bits per heavy atom. The van der Waals surface area contributed by atoms with Crippen LogP contribution in [0.3, 0.4) is 0 Å². The molecule has 0 amide bonds. The number of hydrogen-bond acceptors (Lipinski definition) is 0. The fraction of sp³-hybridized carbons (Fsp3) is 0.0909. The van der Waals surface area contributed by atoms with Gasteiger partial charge in [0, 0.05) is 0 Å². The summed E-state index contributed by atoms with van der Waals surface area (Å²) in [4.78, 5) is 0. The number of halogens is 2. The van der Waals surface area contributed by atoms with E-state index in [1.54, 1.807) is 0 Å². The van der Waals surface area contributed by atoms with Gasteiger partial charge in [-0.05, 0) is 38.6 Å². The van der Waals surface area contributed by atoms with Gasteiger partial charge in [-0.2, -0.15) is 12.1 Å². The SMILES string of the molecule is CC(C)c1cc2c(-c3cccc4ccccc34)cccc2[cH-]1.Cc1cc2c(-c3cccc4ccccc34)cccc2[cH-]1.Cl.Cl.[CH3-].[CH3-].[Si]=[Zr]. The Balaban J connectivity index is 0.000000295. The van der Waals surface area contributed by atoms with Crippen LogP contribution in [-0.4, -0.2) is 6.88 Å². The molecule has 0 unspecified atom stereocenters. The van der Waals surface area contributed by atoms with Gasteiger partial charge in [-0.3, -0.25) is 0 Å². The Hall–Kier alpha value is -3.26. The Bertz CT molecular complexity index is 2210. The third-order valence-corrected chi connectivity index (χ3v) is 8.49. The van der Waals surface area contributed by atoms with E-state index in [-0.39, 0.29) is 39.7 Å². The molecule has 2 radical (unpaired) electrons. The van der Waals surface area contributed by atoms with E-state index >= 15 is 0 Å². The van der Waals surface area contributed by atoms with Crippen molar-refractivity contribution in [1.82, 2.24) is 0 Å². The quantitative estimate of drug-likeness (QED) is 0.124. The van der Waals surface area contributed by atoms with Gasteiger partial charge in [0.05, 0.1) is 0 Å². The Morgan fingerprint density at radius 2 is 0.854 bits per heavy atom. The molecule has 244 valence electrons. The summed E-state index contributed by atoms with van der Waals surface area (Å²) in [5.41, 5.74) is 8.05. The molecule has 0 aliphatic rings. The molecule has 0 saturated heterocycles. The Kier molecular flexibility index (Phi) is 15.8. The summed E-state index contributed by atoms with van der Waals surface area (Å²) in [7, 11) is 0. The second-order valence-electron chi connectivity index (χ2n) is 11.6. The van der Waals surface area contributed by atoms with Gasteiger partial charge < -0.3 is 14.9 Å². The van der Waals surface area contributed by atoms with Crippen LogP contribution in [0, 0.1) is 21.8 Å². The van der Waals surface area contributed by atoms with Crippen molar-refractivity contribution in [2.24, 2.45) is 0 Å². The maximum absolute atomic E-state index is 3.06. The third kappa shape index (κ3) is 8.30. The summed E-state index contributed by atoms with van der Waals surface area (Å²) in [6.07, 6.45) is 0. The van der Waals surface area contributed by atoms with E-state index in [4.69, 9.17) is 0 Å². The molecule has 8 aromatic rings. The zero-order valence-corrected chi connectivity index (χ0v) is 33.3. The van der Waals surface area contributed by atoms with Gasteiger partial charge >= 0.3 is 30.2 Å². The van der Waals surface area contributed by atoms with E-state index in [9.17, 15) is 0 Å². The van der Waals surface area contributed by atoms with Crippen LogP contribution < -0.4 is 0 Å². The average molecular weight is 761 g/mol. The van der Waals surface area contributed by atoms with Crippen LogP contribution in [0.4, 0.5) is 0 Å². The summed E-state index contributed by atoms with van der Waals surface area (Å²) in [6.45, 7) is 9.73. The molecule has 8 aromatic carbocycles. The topological polar surface area (TPSA) is 0 Å². The molecule has 0 fully saturated rings. The Morgan fingerprint density at radius 3 is 1.33 bits per heavy atom. The molecular formula is C44H42Cl2SiZr-4. The van der Waals surface area contributed by atoms with Crippen LogP contribution in [0.1, 0.15) is 30.9 Å². The number of aryl methyl sites for hydroxylation is 1. The number of hydrogen-bond donors (Lipinski definition) is 0. The van der Waals surface area contributed by atoms with Crippen LogP contribution in [-0.2, 0) is 23.3 Å². The zero-order valence-electron chi connectivity index (χ0n) is 28.3. The molecule has 0 bridgehead atoms. The van der Waals surface area contributed by atoms with Gasteiger partial charge in [-0.25, -0.2) is 0 Å². The van der Waals surface area contributed by atoms with Crippen LogP contribution in [0.5, 0.6) is 0 Å². The normalized spacial score (nSPS) is 10.1.